The first-order valence-corrected chi connectivity index (χ1v) is 6.93. The number of nitro benzene ring substituents is 1. The van der Waals surface area contributed by atoms with Gasteiger partial charge in [0, 0.05) is 0 Å². The van der Waals surface area contributed by atoms with Gasteiger partial charge in [0.05, 0.1) is 29.4 Å². The number of halogens is 2. The van der Waals surface area contributed by atoms with E-state index in [-0.39, 0.29) is 28.5 Å². The summed E-state index contributed by atoms with van der Waals surface area (Å²) in [4.78, 5) is 22.4. The molecule has 140 valence electrons. The molecular weight excluding hydrogens is 360 g/mol. The number of methoxy groups -OCH3 is 1. The zero-order valence-corrected chi connectivity index (χ0v) is 13.5. The average molecular weight is 373 g/mol. The third-order valence-electron chi connectivity index (χ3n) is 3.23. The van der Waals surface area contributed by atoms with E-state index in [9.17, 15) is 23.7 Å². The lowest BCUT2D eigenvalue weighted by Gasteiger charge is -2.12. The first-order chi connectivity index (χ1) is 12.2. The number of carbonyl (C=O) groups excluding carboxylic acids is 1. The number of rotatable bonds is 7. The number of hydrogen-bond donors (Lipinski definition) is 1. The van der Waals surface area contributed by atoms with E-state index in [1.807, 2.05) is 0 Å². The quantitative estimate of drug-likeness (QED) is 0.440. The van der Waals surface area contributed by atoms with E-state index in [1.165, 1.54) is 6.92 Å². The second-order valence-electron chi connectivity index (χ2n) is 4.85. The fourth-order valence-corrected chi connectivity index (χ4v) is 2.08. The fraction of sp³-hybridized carbons (Fsp3) is 0.286. The maximum Gasteiger partial charge on any atom is 0.387 e. The molecular formula is C14H13F2N3O7. The highest BCUT2D eigenvalue weighted by Gasteiger charge is 2.25. The van der Waals surface area contributed by atoms with E-state index in [0.29, 0.717) is 0 Å². The Balaban J connectivity index is 2.30. The van der Waals surface area contributed by atoms with E-state index in [1.54, 1.807) is 0 Å². The molecule has 0 aliphatic carbocycles. The van der Waals surface area contributed by atoms with Gasteiger partial charge in [-0.1, -0.05) is 5.16 Å². The number of alkyl halides is 2. The Hall–Kier alpha value is -3.44. The molecule has 0 aliphatic rings. The summed E-state index contributed by atoms with van der Waals surface area (Å²) in [5, 5.41) is 14.7. The molecule has 0 saturated carbocycles. The smallest absolute Gasteiger partial charge is 0.387 e. The van der Waals surface area contributed by atoms with Crippen molar-refractivity contribution in [3.8, 4) is 11.5 Å². The second kappa shape index (κ2) is 7.63. The Morgan fingerprint density at radius 1 is 1.42 bits per heavy atom. The highest BCUT2D eigenvalue weighted by molar-refractivity contribution is 5.94. The Morgan fingerprint density at radius 3 is 2.62 bits per heavy atom. The molecule has 2 aromatic rings. The summed E-state index contributed by atoms with van der Waals surface area (Å²) in [6, 6.07) is 1.82. The van der Waals surface area contributed by atoms with Crippen LogP contribution >= 0.6 is 0 Å². The van der Waals surface area contributed by atoms with Crippen LogP contribution < -0.4 is 15.2 Å². The van der Waals surface area contributed by atoms with Crippen LogP contribution in [0, 0.1) is 17.0 Å². The Labute approximate surface area is 144 Å². The minimum atomic E-state index is -3.20. The summed E-state index contributed by atoms with van der Waals surface area (Å²) in [7, 11) is 1.16. The summed E-state index contributed by atoms with van der Waals surface area (Å²) in [5.41, 5.74) is 4.83. The van der Waals surface area contributed by atoms with Gasteiger partial charge in [-0.3, -0.25) is 10.1 Å². The van der Waals surface area contributed by atoms with E-state index in [2.05, 4.69) is 14.4 Å². The van der Waals surface area contributed by atoms with Crippen molar-refractivity contribution >= 4 is 17.5 Å². The van der Waals surface area contributed by atoms with Gasteiger partial charge < -0.3 is 24.5 Å². The van der Waals surface area contributed by atoms with Crippen LogP contribution in [-0.2, 0) is 11.3 Å². The number of nitro groups is 1. The molecule has 2 rings (SSSR count). The van der Waals surface area contributed by atoms with E-state index in [0.717, 1.165) is 19.2 Å². The summed E-state index contributed by atoms with van der Waals surface area (Å²) in [6.45, 7) is -2.30. The number of anilines is 1. The first-order valence-electron chi connectivity index (χ1n) is 6.93. The van der Waals surface area contributed by atoms with Crippen LogP contribution in [0.5, 0.6) is 11.5 Å². The van der Waals surface area contributed by atoms with Gasteiger partial charge in [-0.15, -0.1) is 0 Å². The topological polar surface area (TPSA) is 140 Å². The number of ether oxygens (including phenoxy) is 3. The third-order valence-corrected chi connectivity index (χ3v) is 3.23. The van der Waals surface area contributed by atoms with Gasteiger partial charge >= 0.3 is 12.6 Å². The number of nitrogen functional groups attached to an aromatic ring is 1. The SMILES string of the molecule is COc1cc(COC(=O)c2c(C)noc2N)c([N+](=O)[O-])cc1OC(F)F. The van der Waals surface area contributed by atoms with Crippen LogP contribution in [0.1, 0.15) is 21.6 Å². The van der Waals surface area contributed by atoms with Crippen molar-refractivity contribution in [1.82, 2.24) is 5.16 Å². The minimum Gasteiger partial charge on any atom is -0.493 e. The lowest BCUT2D eigenvalue weighted by molar-refractivity contribution is -0.386. The molecule has 1 heterocycles. The van der Waals surface area contributed by atoms with E-state index in [4.69, 9.17) is 15.2 Å². The van der Waals surface area contributed by atoms with Crippen LogP contribution in [-0.4, -0.2) is 29.8 Å². The van der Waals surface area contributed by atoms with Gasteiger partial charge in [0.2, 0.25) is 5.88 Å². The molecule has 0 amide bonds. The van der Waals surface area contributed by atoms with Crippen LogP contribution in [0.15, 0.2) is 16.7 Å². The van der Waals surface area contributed by atoms with Crippen molar-refractivity contribution in [3.05, 3.63) is 39.1 Å². The minimum absolute atomic E-state index is 0.102. The molecule has 0 saturated heterocycles. The predicted molar refractivity (Wildman–Crippen MR) is 81.1 cm³/mol. The Kier molecular flexibility index (Phi) is 5.54. The molecule has 12 heteroatoms. The summed E-state index contributed by atoms with van der Waals surface area (Å²) in [5.74, 6) is -1.89. The molecule has 0 fully saturated rings. The first kappa shape index (κ1) is 18.9. The molecule has 0 bridgehead atoms. The maximum absolute atomic E-state index is 12.4. The lowest BCUT2D eigenvalue weighted by Crippen LogP contribution is -2.10. The van der Waals surface area contributed by atoms with E-state index < -0.39 is 35.5 Å². The number of aryl methyl sites for hydroxylation is 1. The number of nitrogens with two attached hydrogens (primary N) is 1. The van der Waals surface area contributed by atoms with Crippen molar-refractivity contribution < 1.29 is 37.2 Å². The average Bonchev–Trinajstić information content (AvgIpc) is 2.91. The zero-order chi connectivity index (χ0) is 19.4. The number of carbonyl (C=O) groups is 1. The maximum atomic E-state index is 12.4. The molecule has 0 radical (unpaired) electrons. The molecule has 1 aromatic carbocycles. The number of nitrogens with zero attached hydrogens (tertiary/aromatic N) is 2. The van der Waals surface area contributed by atoms with Gasteiger partial charge in [-0.2, -0.15) is 8.78 Å². The van der Waals surface area contributed by atoms with Gasteiger partial charge in [-0.05, 0) is 13.0 Å². The highest BCUT2D eigenvalue weighted by atomic mass is 19.3. The number of esters is 1. The molecule has 0 atom stereocenters. The van der Waals surface area contributed by atoms with Gasteiger partial charge in [0.1, 0.15) is 12.2 Å². The molecule has 0 aliphatic heterocycles. The number of hydrogen-bond acceptors (Lipinski definition) is 9. The highest BCUT2D eigenvalue weighted by Crippen LogP contribution is 2.36. The van der Waals surface area contributed by atoms with Crippen LogP contribution in [0.3, 0.4) is 0 Å². The molecule has 26 heavy (non-hydrogen) atoms. The van der Waals surface area contributed by atoms with Crippen LogP contribution in [0.4, 0.5) is 20.4 Å². The Bertz CT molecular complexity index is 819. The van der Waals surface area contributed by atoms with E-state index >= 15 is 0 Å². The van der Waals surface area contributed by atoms with Crippen LogP contribution in [0.25, 0.3) is 0 Å². The monoisotopic (exact) mass is 373 g/mol. The second-order valence-corrected chi connectivity index (χ2v) is 4.85. The number of aromatic nitrogens is 1. The normalized spacial score (nSPS) is 10.7. The largest absolute Gasteiger partial charge is 0.493 e. The van der Waals surface area contributed by atoms with Gasteiger partial charge in [-0.25, -0.2) is 4.79 Å². The molecule has 2 N–H and O–H groups in total. The molecule has 10 nitrogen and oxygen atoms in total. The van der Waals surface area contributed by atoms with Crippen molar-refractivity contribution in [2.45, 2.75) is 20.1 Å². The lowest BCUT2D eigenvalue weighted by atomic mass is 10.1. The summed E-state index contributed by atoms with van der Waals surface area (Å²) < 4.78 is 43.5. The standard InChI is InChI=1S/C14H13F2N3O7/c1-6-11(12(17)26-18-6)13(20)24-5-7-3-9(23-2)10(25-14(15)16)4-8(7)19(21)22/h3-4,14H,5,17H2,1-2H3. The van der Waals surface area contributed by atoms with Crippen molar-refractivity contribution in [2.75, 3.05) is 12.8 Å². The van der Waals surface area contributed by atoms with Gasteiger partial charge in [0.25, 0.3) is 5.69 Å². The Morgan fingerprint density at radius 2 is 2.12 bits per heavy atom. The molecule has 1 aromatic heterocycles. The predicted octanol–water partition coefficient (Wildman–Crippen LogP) is 2.44. The fourth-order valence-electron chi connectivity index (χ4n) is 2.08. The zero-order valence-electron chi connectivity index (χ0n) is 13.5. The molecule has 0 spiro atoms. The van der Waals surface area contributed by atoms with Gasteiger partial charge in [0.15, 0.2) is 11.5 Å². The number of benzene rings is 1. The van der Waals surface area contributed by atoms with Crippen molar-refractivity contribution in [3.63, 3.8) is 0 Å². The summed E-state index contributed by atoms with van der Waals surface area (Å²) >= 11 is 0. The van der Waals surface area contributed by atoms with Crippen molar-refractivity contribution in [2.24, 2.45) is 0 Å². The third kappa shape index (κ3) is 3.96. The summed E-state index contributed by atoms with van der Waals surface area (Å²) in [6.07, 6.45) is 0. The van der Waals surface area contributed by atoms with Crippen LogP contribution in [0.2, 0.25) is 0 Å². The molecule has 0 unspecified atom stereocenters. The van der Waals surface area contributed by atoms with Crippen molar-refractivity contribution in [1.29, 1.82) is 0 Å².